The number of thioether (sulfide) groups is 1. The fourth-order valence-electron chi connectivity index (χ4n) is 4.31. The Morgan fingerprint density at radius 1 is 1.37 bits per heavy atom. The maximum atomic E-state index is 12.7. The number of benzene rings is 1. The van der Waals surface area contributed by atoms with Crippen molar-refractivity contribution >= 4 is 22.7 Å². The molecule has 3 heterocycles. The van der Waals surface area contributed by atoms with E-state index in [0.717, 1.165) is 35.6 Å². The number of hydrogen-bond donors (Lipinski definition) is 2. The van der Waals surface area contributed by atoms with Gasteiger partial charge >= 0.3 is 0 Å². The SMILES string of the molecule is C#CCCC1(CCNC(=O)C2CCC(C3CSC(c4ccccc4O)=N3)N2C)N=N1. The van der Waals surface area contributed by atoms with Crippen molar-refractivity contribution in [1.29, 1.82) is 0 Å². The monoisotopic (exact) mass is 425 g/mol. The maximum Gasteiger partial charge on any atom is 0.237 e. The van der Waals surface area contributed by atoms with Crippen LogP contribution in [0.2, 0.25) is 0 Å². The number of rotatable bonds is 8. The lowest BCUT2D eigenvalue weighted by Gasteiger charge is -2.27. The molecule has 30 heavy (non-hydrogen) atoms. The summed E-state index contributed by atoms with van der Waals surface area (Å²) in [6, 6.07) is 7.52. The Morgan fingerprint density at radius 2 is 2.17 bits per heavy atom. The maximum absolute atomic E-state index is 12.7. The van der Waals surface area contributed by atoms with Crippen LogP contribution in [0.1, 0.15) is 37.7 Å². The number of nitrogens with zero attached hydrogens (tertiary/aromatic N) is 4. The highest BCUT2D eigenvalue weighted by Crippen LogP contribution is 2.37. The quantitative estimate of drug-likeness (QED) is 0.627. The van der Waals surface area contributed by atoms with Crippen molar-refractivity contribution in [3.05, 3.63) is 29.8 Å². The number of nitrogens with one attached hydrogen (secondary N) is 1. The second kappa shape index (κ2) is 8.78. The topological polar surface area (TPSA) is 89.6 Å². The largest absolute Gasteiger partial charge is 0.507 e. The summed E-state index contributed by atoms with van der Waals surface area (Å²) in [5, 5.41) is 22.3. The van der Waals surface area contributed by atoms with Crippen LogP contribution >= 0.6 is 11.8 Å². The predicted molar refractivity (Wildman–Crippen MR) is 119 cm³/mol. The summed E-state index contributed by atoms with van der Waals surface area (Å²) in [5.41, 5.74) is 0.425. The Bertz CT molecular complexity index is 903. The van der Waals surface area contributed by atoms with Crippen LogP contribution in [0.3, 0.4) is 0 Å². The van der Waals surface area contributed by atoms with Gasteiger partial charge in [0.05, 0.1) is 12.1 Å². The number of carbonyl (C=O) groups excluding carboxylic acids is 1. The van der Waals surface area contributed by atoms with Crippen molar-refractivity contribution in [3.63, 3.8) is 0 Å². The number of phenolic OH excluding ortho intramolecular Hbond substituents is 1. The number of aliphatic imine (C=N–C) groups is 1. The molecule has 0 aromatic heterocycles. The normalized spacial score (nSPS) is 26.9. The number of amides is 1. The first-order valence-electron chi connectivity index (χ1n) is 10.4. The van der Waals surface area contributed by atoms with Gasteiger partial charge in [0, 0.05) is 43.2 Å². The van der Waals surface area contributed by atoms with E-state index in [0.29, 0.717) is 19.4 Å². The number of likely N-dealkylation sites (N-methyl/N-ethyl adjacent to an activating group) is 1. The van der Waals surface area contributed by atoms with Crippen molar-refractivity contribution in [1.82, 2.24) is 10.2 Å². The molecule has 1 saturated heterocycles. The average molecular weight is 426 g/mol. The lowest BCUT2D eigenvalue weighted by Crippen LogP contribution is -2.47. The molecule has 0 spiro atoms. The number of para-hydroxylation sites is 1. The lowest BCUT2D eigenvalue weighted by atomic mass is 10.0. The molecule has 1 aromatic rings. The van der Waals surface area contributed by atoms with E-state index in [1.54, 1.807) is 17.8 Å². The van der Waals surface area contributed by atoms with Crippen LogP contribution < -0.4 is 5.32 Å². The predicted octanol–water partition coefficient (Wildman–Crippen LogP) is 2.80. The standard InChI is InChI=1S/C22H27N5O2S/c1-3-4-11-22(25-26-22)12-13-23-20(29)18-10-9-17(27(18)2)16-14-30-21(24-16)15-7-5-6-8-19(15)28/h1,5-8,16-18,28H,4,9-14H2,2H3,(H,23,29). The molecular weight excluding hydrogens is 398 g/mol. The smallest absolute Gasteiger partial charge is 0.237 e. The van der Waals surface area contributed by atoms with Gasteiger partial charge in [0.25, 0.3) is 0 Å². The van der Waals surface area contributed by atoms with Crippen molar-refractivity contribution in [2.45, 2.75) is 55.9 Å². The molecule has 158 valence electrons. The molecule has 1 aromatic carbocycles. The van der Waals surface area contributed by atoms with Gasteiger partial charge < -0.3 is 10.4 Å². The summed E-state index contributed by atoms with van der Waals surface area (Å²) < 4.78 is 0. The van der Waals surface area contributed by atoms with E-state index in [-0.39, 0.29) is 35.4 Å². The Labute approximate surface area is 181 Å². The molecule has 3 aliphatic rings. The molecule has 3 unspecified atom stereocenters. The van der Waals surface area contributed by atoms with Gasteiger partial charge in [-0.1, -0.05) is 12.1 Å². The van der Waals surface area contributed by atoms with E-state index in [1.165, 1.54) is 0 Å². The van der Waals surface area contributed by atoms with Crippen LogP contribution in [0.4, 0.5) is 0 Å². The third-order valence-corrected chi connectivity index (χ3v) is 7.29. The van der Waals surface area contributed by atoms with Crippen molar-refractivity contribution in [2.24, 2.45) is 15.2 Å². The Morgan fingerprint density at radius 3 is 2.90 bits per heavy atom. The van der Waals surface area contributed by atoms with Crippen LogP contribution in [0.25, 0.3) is 0 Å². The highest BCUT2D eigenvalue weighted by Gasteiger charge is 2.42. The summed E-state index contributed by atoms with van der Waals surface area (Å²) in [7, 11) is 2.01. The highest BCUT2D eigenvalue weighted by atomic mass is 32.2. The summed E-state index contributed by atoms with van der Waals surface area (Å²) in [6.07, 6.45) is 9.19. The molecule has 1 fully saturated rings. The van der Waals surface area contributed by atoms with Gasteiger partial charge in [-0.25, -0.2) is 0 Å². The molecule has 0 bridgehead atoms. The Hall–Kier alpha value is -2.37. The molecule has 7 nitrogen and oxygen atoms in total. The zero-order chi connectivity index (χ0) is 21.1. The van der Waals surface area contributed by atoms with E-state index >= 15 is 0 Å². The van der Waals surface area contributed by atoms with Crippen LogP contribution in [-0.2, 0) is 4.79 Å². The molecule has 0 radical (unpaired) electrons. The van der Waals surface area contributed by atoms with Gasteiger partial charge in [-0.05, 0) is 32.0 Å². The minimum atomic E-state index is -0.362. The zero-order valence-corrected chi connectivity index (χ0v) is 17.9. The van der Waals surface area contributed by atoms with E-state index in [1.807, 2.05) is 25.2 Å². The summed E-state index contributed by atoms with van der Waals surface area (Å²) in [4.78, 5) is 19.8. The fraction of sp³-hybridized carbons (Fsp3) is 0.545. The Kier molecular flexibility index (Phi) is 6.11. The summed E-state index contributed by atoms with van der Waals surface area (Å²) in [6.45, 7) is 0.556. The van der Waals surface area contributed by atoms with E-state index in [2.05, 4.69) is 26.4 Å². The number of phenols is 1. The van der Waals surface area contributed by atoms with Gasteiger partial charge in [-0.3, -0.25) is 14.7 Å². The molecule has 8 heteroatoms. The van der Waals surface area contributed by atoms with Crippen LogP contribution in [0.15, 0.2) is 39.5 Å². The second-order valence-electron chi connectivity index (χ2n) is 8.08. The third-order valence-electron chi connectivity index (χ3n) is 6.18. The molecule has 0 saturated carbocycles. The van der Waals surface area contributed by atoms with Gasteiger partial charge in [0.2, 0.25) is 5.91 Å². The lowest BCUT2D eigenvalue weighted by molar-refractivity contribution is -0.125. The minimum absolute atomic E-state index is 0.0586. The number of terminal acetylenes is 1. The molecule has 4 rings (SSSR count). The molecule has 1 amide bonds. The third kappa shape index (κ3) is 4.37. The van der Waals surface area contributed by atoms with Crippen LogP contribution in [0, 0.1) is 12.3 Å². The highest BCUT2D eigenvalue weighted by molar-refractivity contribution is 8.14. The molecule has 3 aliphatic heterocycles. The zero-order valence-electron chi connectivity index (χ0n) is 17.1. The first-order chi connectivity index (χ1) is 14.5. The molecule has 3 atom stereocenters. The fourth-order valence-corrected chi connectivity index (χ4v) is 5.47. The first-order valence-corrected chi connectivity index (χ1v) is 11.4. The number of carbonyl (C=O) groups is 1. The number of hydrogen-bond acceptors (Lipinski definition) is 7. The number of aromatic hydroxyl groups is 1. The van der Waals surface area contributed by atoms with Gasteiger partial charge in [-0.15, -0.1) is 24.1 Å². The molecule has 0 aliphatic carbocycles. The summed E-state index contributed by atoms with van der Waals surface area (Å²) in [5.74, 6) is 3.81. The minimum Gasteiger partial charge on any atom is -0.507 e. The number of likely N-dealkylation sites (tertiary alicyclic amines) is 1. The Balaban J connectivity index is 1.30. The van der Waals surface area contributed by atoms with Gasteiger partial charge in [-0.2, -0.15) is 10.2 Å². The van der Waals surface area contributed by atoms with Crippen LogP contribution in [0.5, 0.6) is 5.75 Å². The van der Waals surface area contributed by atoms with E-state index < -0.39 is 0 Å². The molecule has 2 N–H and O–H groups in total. The van der Waals surface area contributed by atoms with Crippen molar-refractivity contribution in [2.75, 3.05) is 19.3 Å². The van der Waals surface area contributed by atoms with E-state index in [4.69, 9.17) is 11.4 Å². The van der Waals surface area contributed by atoms with Gasteiger partial charge in [0.15, 0.2) is 5.66 Å². The van der Waals surface area contributed by atoms with Crippen LogP contribution in [-0.4, -0.2) is 64.1 Å². The second-order valence-corrected chi connectivity index (χ2v) is 9.09. The average Bonchev–Trinajstić information content (AvgIpc) is 3.15. The van der Waals surface area contributed by atoms with Crippen molar-refractivity contribution < 1.29 is 9.90 Å². The molecular formula is C22H27N5O2S. The van der Waals surface area contributed by atoms with E-state index in [9.17, 15) is 9.90 Å². The van der Waals surface area contributed by atoms with Gasteiger partial charge in [0.1, 0.15) is 10.8 Å². The van der Waals surface area contributed by atoms with Crippen molar-refractivity contribution in [3.8, 4) is 18.1 Å². The summed E-state index contributed by atoms with van der Waals surface area (Å²) >= 11 is 1.67. The first kappa shape index (κ1) is 20.9.